The van der Waals surface area contributed by atoms with Gasteiger partial charge in [-0.2, -0.15) is 0 Å². The number of para-hydroxylation sites is 2. The number of hydrogen-bond acceptors (Lipinski definition) is 7. The Labute approximate surface area is 183 Å². The number of benzene rings is 2. The van der Waals surface area contributed by atoms with Gasteiger partial charge in [-0.1, -0.05) is 24.3 Å². The zero-order valence-corrected chi connectivity index (χ0v) is 18.0. The molecule has 0 aliphatic carbocycles. The molecule has 0 saturated heterocycles. The van der Waals surface area contributed by atoms with Crippen molar-refractivity contribution in [3.63, 3.8) is 0 Å². The molecule has 7 N–H and O–H groups in total. The van der Waals surface area contributed by atoms with Crippen LogP contribution in [0.25, 0.3) is 11.3 Å². The van der Waals surface area contributed by atoms with E-state index in [-0.39, 0.29) is 19.3 Å². The lowest BCUT2D eigenvalue weighted by molar-refractivity contribution is 0.202. The maximum absolute atomic E-state index is 9.14. The van der Waals surface area contributed by atoms with E-state index in [4.69, 9.17) is 21.0 Å². The summed E-state index contributed by atoms with van der Waals surface area (Å²) in [5.74, 6) is 0.701. The maximum Gasteiger partial charge on any atom is 0.142 e. The molecule has 2 aromatic carbocycles. The summed E-state index contributed by atoms with van der Waals surface area (Å²) in [4.78, 5) is 0. The molecule has 1 aliphatic heterocycles. The number of ether oxygens (including phenoxy) is 1. The Balaban J connectivity index is 2.07. The maximum atomic E-state index is 9.14. The molecule has 3 rings (SSSR count). The number of aliphatic hydroxyl groups is 1. The van der Waals surface area contributed by atoms with Crippen molar-refractivity contribution >= 4 is 23.2 Å². The van der Waals surface area contributed by atoms with Crippen molar-refractivity contribution in [2.45, 2.75) is 19.4 Å². The van der Waals surface area contributed by atoms with E-state index in [1.165, 1.54) is 6.21 Å². The van der Waals surface area contributed by atoms with Gasteiger partial charge in [0.05, 0.1) is 24.0 Å². The Hall–Kier alpha value is -3.45. The predicted molar refractivity (Wildman–Crippen MR) is 127 cm³/mol. The Kier molecular flexibility index (Phi) is 7.56. The van der Waals surface area contributed by atoms with Crippen molar-refractivity contribution in [1.82, 2.24) is 10.6 Å². The van der Waals surface area contributed by atoms with Crippen LogP contribution in [-0.2, 0) is 0 Å². The molecular formula is C24H31N5O2. The molecule has 1 atom stereocenters. The molecule has 0 saturated carbocycles. The van der Waals surface area contributed by atoms with E-state index in [0.717, 1.165) is 52.3 Å². The number of nitrogens with one attached hydrogen (secondary N) is 4. The predicted octanol–water partition coefficient (Wildman–Crippen LogP) is 3.06. The highest BCUT2D eigenvalue weighted by molar-refractivity contribution is 6.08. The van der Waals surface area contributed by atoms with E-state index in [0.29, 0.717) is 5.75 Å². The smallest absolute Gasteiger partial charge is 0.142 e. The molecule has 1 heterocycles. The summed E-state index contributed by atoms with van der Waals surface area (Å²) >= 11 is 0. The molecule has 0 radical (unpaired) electrons. The summed E-state index contributed by atoms with van der Waals surface area (Å²) in [6, 6.07) is 13.9. The average Bonchev–Trinajstić information content (AvgIpc) is 2.96. The highest BCUT2D eigenvalue weighted by atomic mass is 16.5. The van der Waals surface area contributed by atoms with E-state index >= 15 is 0 Å². The standard InChI is InChI=1S/C24H31N5O2/c1-16(26)24-19-8-7-17(18(14-25)15-27-2)13-20(19)21(9-10-28-24)29-22-5-3-4-6-23(22)31-12-11-30/h3-8,13-15,21,25,27-30H,9-12,26H2,1-2H3/b18-15+,24-16-,25-14?. The van der Waals surface area contributed by atoms with Gasteiger partial charge in [0.25, 0.3) is 0 Å². The van der Waals surface area contributed by atoms with Crippen LogP contribution in [0.15, 0.2) is 54.4 Å². The average molecular weight is 422 g/mol. The third-order valence-electron chi connectivity index (χ3n) is 5.18. The van der Waals surface area contributed by atoms with E-state index < -0.39 is 0 Å². The fourth-order valence-electron chi connectivity index (χ4n) is 3.77. The second-order valence-corrected chi connectivity index (χ2v) is 7.37. The molecule has 0 aromatic heterocycles. The van der Waals surface area contributed by atoms with Crippen LogP contribution in [0.2, 0.25) is 0 Å². The highest BCUT2D eigenvalue weighted by Crippen LogP contribution is 2.36. The minimum Gasteiger partial charge on any atom is -0.489 e. The molecule has 0 amide bonds. The Morgan fingerprint density at radius 2 is 2.13 bits per heavy atom. The number of anilines is 1. The van der Waals surface area contributed by atoms with Gasteiger partial charge in [0, 0.05) is 42.8 Å². The lowest BCUT2D eigenvalue weighted by Crippen LogP contribution is -2.17. The first-order valence-electron chi connectivity index (χ1n) is 10.4. The number of rotatable bonds is 8. The van der Waals surface area contributed by atoms with Crippen LogP contribution in [0, 0.1) is 5.41 Å². The van der Waals surface area contributed by atoms with E-state index in [1.54, 1.807) is 0 Å². The molecule has 0 spiro atoms. The largest absolute Gasteiger partial charge is 0.489 e. The van der Waals surface area contributed by atoms with Crippen LogP contribution in [0.5, 0.6) is 5.75 Å². The van der Waals surface area contributed by atoms with Crippen LogP contribution in [-0.4, -0.2) is 38.1 Å². The summed E-state index contributed by atoms with van der Waals surface area (Å²) in [6.45, 7) is 2.86. The summed E-state index contributed by atoms with van der Waals surface area (Å²) in [7, 11) is 1.82. The summed E-state index contributed by atoms with van der Waals surface area (Å²) in [5.41, 5.74) is 12.6. The lowest BCUT2D eigenvalue weighted by Gasteiger charge is -2.23. The van der Waals surface area contributed by atoms with Crippen LogP contribution < -0.4 is 26.4 Å². The van der Waals surface area contributed by atoms with E-state index in [2.05, 4.69) is 28.1 Å². The Bertz CT molecular complexity index is 980. The fraction of sp³-hybridized carbons (Fsp3) is 0.292. The van der Waals surface area contributed by atoms with E-state index in [9.17, 15) is 0 Å². The number of fused-ring (bicyclic) bond motifs is 1. The molecule has 31 heavy (non-hydrogen) atoms. The summed E-state index contributed by atoms with van der Waals surface area (Å²) in [6.07, 6.45) is 3.99. The van der Waals surface area contributed by atoms with Gasteiger partial charge in [0.2, 0.25) is 0 Å². The molecule has 0 fully saturated rings. The van der Waals surface area contributed by atoms with Crippen LogP contribution in [0.3, 0.4) is 0 Å². The SMILES string of the molecule is CN/C=C(\C=N)c1ccc2c(c1)C(Nc1ccccc1OCCO)CCN/C2=C(/C)N. The number of nitrogens with two attached hydrogens (primary N) is 1. The third kappa shape index (κ3) is 5.19. The minimum absolute atomic E-state index is 0.000235. The van der Waals surface area contributed by atoms with Crippen molar-refractivity contribution in [1.29, 1.82) is 5.41 Å². The molecule has 164 valence electrons. The molecule has 7 heteroatoms. The normalized spacial score (nSPS) is 17.6. The van der Waals surface area contributed by atoms with Crippen molar-refractivity contribution in [2.24, 2.45) is 5.73 Å². The Morgan fingerprint density at radius 1 is 1.32 bits per heavy atom. The number of aliphatic hydroxyl groups excluding tert-OH is 1. The topological polar surface area (TPSA) is 115 Å². The van der Waals surface area contributed by atoms with Crippen LogP contribution in [0.4, 0.5) is 5.69 Å². The van der Waals surface area contributed by atoms with Gasteiger partial charge >= 0.3 is 0 Å². The number of hydrogen-bond donors (Lipinski definition) is 6. The van der Waals surface area contributed by atoms with Crippen LogP contribution in [0.1, 0.15) is 36.1 Å². The molecule has 0 bridgehead atoms. The first-order chi connectivity index (χ1) is 15.1. The zero-order valence-electron chi connectivity index (χ0n) is 18.0. The summed E-state index contributed by atoms with van der Waals surface area (Å²) in [5, 5.41) is 27.0. The first kappa shape index (κ1) is 22.2. The van der Waals surface area contributed by atoms with E-state index in [1.807, 2.05) is 50.5 Å². The van der Waals surface area contributed by atoms with Crippen molar-refractivity contribution in [3.8, 4) is 5.75 Å². The van der Waals surface area contributed by atoms with Crippen LogP contribution >= 0.6 is 0 Å². The molecule has 2 aromatic rings. The quantitative estimate of drug-likeness (QED) is 0.365. The van der Waals surface area contributed by atoms with Gasteiger partial charge in [-0.05, 0) is 42.7 Å². The third-order valence-corrected chi connectivity index (χ3v) is 5.18. The molecule has 1 unspecified atom stereocenters. The first-order valence-corrected chi connectivity index (χ1v) is 10.4. The van der Waals surface area contributed by atoms with Gasteiger partial charge in [-0.25, -0.2) is 0 Å². The zero-order chi connectivity index (χ0) is 22.2. The molecule has 1 aliphatic rings. The summed E-state index contributed by atoms with van der Waals surface area (Å²) < 4.78 is 5.71. The second-order valence-electron chi connectivity index (χ2n) is 7.37. The molecule has 7 nitrogen and oxygen atoms in total. The molecular weight excluding hydrogens is 390 g/mol. The minimum atomic E-state index is -0.0397. The van der Waals surface area contributed by atoms with Crippen molar-refractivity contribution in [2.75, 3.05) is 32.1 Å². The fourth-order valence-corrected chi connectivity index (χ4v) is 3.77. The van der Waals surface area contributed by atoms with Crippen molar-refractivity contribution in [3.05, 3.63) is 71.1 Å². The van der Waals surface area contributed by atoms with Gasteiger partial charge in [-0.3, -0.25) is 0 Å². The van der Waals surface area contributed by atoms with Gasteiger partial charge in [0.15, 0.2) is 0 Å². The van der Waals surface area contributed by atoms with Gasteiger partial charge in [0.1, 0.15) is 12.4 Å². The monoisotopic (exact) mass is 421 g/mol. The second kappa shape index (κ2) is 10.5. The van der Waals surface area contributed by atoms with Crippen molar-refractivity contribution < 1.29 is 9.84 Å². The van der Waals surface area contributed by atoms with Gasteiger partial charge in [-0.15, -0.1) is 0 Å². The van der Waals surface area contributed by atoms with Gasteiger partial charge < -0.3 is 36.9 Å². The highest BCUT2D eigenvalue weighted by Gasteiger charge is 2.23. The lowest BCUT2D eigenvalue weighted by atomic mass is 9.92. The Morgan fingerprint density at radius 3 is 2.84 bits per heavy atom. The number of allylic oxidation sites excluding steroid dienone is 2.